The van der Waals surface area contributed by atoms with Crippen LogP contribution in [0.3, 0.4) is 0 Å². The Balaban J connectivity index is 2.22. The summed E-state index contributed by atoms with van der Waals surface area (Å²) < 4.78 is 16.2. The van der Waals surface area contributed by atoms with Gasteiger partial charge in [-0.2, -0.15) is 0 Å². The number of amides is 1. The Bertz CT molecular complexity index is 461. The number of methoxy groups -OCH3 is 1. The number of carbonyl (C=O) groups is 1. The summed E-state index contributed by atoms with van der Waals surface area (Å²) in [6, 6.07) is 7.43. The van der Waals surface area contributed by atoms with Gasteiger partial charge in [-0.1, -0.05) is 12.1 Å². The van der Waals surface area contributed by atoms with Crippen molar-refractivity contribution in [2.75, 3.05) is 44.9 Å². The molecule has 0 aromatic heterocycles. The third-order valence-corrected chi connectivity index (χ3v) is 3.32. The number of hydrogen-bond acceptors (Lipinski definition) is 5. The predicted octanol–water partition coefficient (Wildman–Crippen LogP) is 0.792. The van der Waals surface area contributed by atoms with E-state index in [1.165, 1.54) is 0 Å². The second-order valence-electron chi connectivity index (χ2n) is 4.74. The van der Waals surface area contributed by atoms with Gasteiger partial charge in [-0.05, 0) is 25.1 Å². The number of para-hydroxylation sites is 2. The summed E-state index contributed by atoms with van der Waals surface area (Å²) in [6.07, 6.45) is 0.138. The minimum absolute atomic E-state index is 0.118. The molecule has 1 amide bonds. The number of benzene rings is 1. The highest BCUT2D eigenvalue weighted by molar-refractivity contribution is 5.98. The zero-order valence-corrected chi connectivity index (χ0v) is 12.3. The molecule has 1 aliphatic rings. The fourth-order valence-electron chi connectivity index (χ4n) is 2.26. The fourth-order valence-corrected chi connectivity index (χ4v) is 2.26. The molecule has 1 fully saturated rings. The largest absolute Gasteiger partial charge is 0.495 e. The van der Waals surface area contributed by atoms with Crippen LogP contribution in [-0.4, -0.2) is 52.0 Å². The van der Waals surface area contributed by atoms with E-state index < -0.39 is 6.10 Å². The smallest absolute Gasteiger partial charge is 0.258 e. The quantitative estimate of drug-likeness (QED) is 0.840. The third kappa shape index (κ3) is 3.93. The minimum Gasteiger partial charge on any atom is -0.495 e. The second kappa shape index (κ2) is 7.97. The first-order valence-electron chi connectivity index (χ1n) is 7.11. The summed E-state index contributed by atoms with van der Waals surface area (Å²) >= 11 is 0. The Kier molecular flexibility index (Phi) is 5.98. The van der Waals surface area contributed by atoms with Gasteiger partial charge in [0.2, 0.25) is 0 Å². The number of ether oxygens (including phenoxy) is 3. The van der Waals surface area contributed by atoms with Gasteiger partial charge in [0.1, 0.15) is 5.75 Å². The Morgan fingerprint density at radius 1 is 1.43 bits per heavy atom. The van der Waals surface area contributed by atoms with E-state index in [2.05, 4.69) is 0 Å². The second-order valence-corrected chi connectivity index (χ2v) is 4.74. The summed E-state index contributed by atoms with van der Waals surface area (Å²) in [5, 5.41) is 0. The van der Waals surface area contributed by atoms with Crippen LogP contribution in [0.1, 0.15) is 6.42 Å². The van der Waals surface area contributed by atoms with Gasteiger partial charge in [0.25, 0.3) is 5.91 Å². The Morgan fingerprint density at radius 2 is 2.24 bits per heavy atom. The van der Waals surface area contributed by atoms with Gasteiger partial charge in [0, 0.05) is 6.54 Å². The first kappa shape index (κ1) is 15.8. The molecule has 0 bridgehead atoms. The fraction of sp³-hybridized carbons (Fsp3) is 0.533. The van der Waals surface area contributed by atoms with Gasteiger partial charge in [0.15, 0.2) is 6.10 Å². The molecule has 21 heavy (non-hydrogen) atoms. The van der Waals surface area contributed by atoms with Crippen LogP contribution in [0.5, 0.6) is 5.75 Å². The molecule has 0 spiro atoms. The predicted molar refractivity (Wildman–Crippen MR) is 79.6 cm³/mol. The van der Waals surface area contributed by atoms with E-state index in [-0.39, 0.29) is 12.5 Å². The molecular weight excluding hydrogens is 272 g/mol. The van der Waals surface area contributed by atoms with Crippen molar-refractivity contribution in [3.8, 4) is 5.75 Å². The molecule has 1 saturated heterocycles. The van der Waals surface area contributed by atoms with Crippen molar-refractivity contribution in [2.45, 2.75) is 12.5 Å². The Labute approximate surface area is 124 Å². The first-order chi connectivity index (χ1) is 10.3. The molecule has 116 valence electrons. The number of nitrogens with two attached hydrogens (primary N) is 1. The number of carbonyl (C=O) groups excluding carboxylic acids is 1. The Hall–Kier alpha value is -1.63. The molecule has 0 saturated carbocycles. The van der Waals surface area contributed by atoms with Crippen molar-refractivity contribution in [1.29, 1.82) is 0 Å². The van der Waals surface area contributed by atoms with Gasteiger partial charge < -0.3 is 24.8 Å². The highest BCUT2D eigenvalue weighted by Gasteiger charge is 2.29. The first-order valence-corrected chi connectivity index (χ1v) is 7.11. The monoisotopic (exact) mass is 294 g/mol. The lowest BCUT2D eigenvalue weighted by Gasteiger charge is -2.30. The number of anilines is 1. The van der Waals surface area contributed by atoms with Gasteiger partial charge in [0.05, 0.1) is 32.6 Å². The summed E-state index contributed by atoms with van der Waals surface area (Å²) in [4.78, 5) is 14.4. The summed E-state index contributed by atoms with van der Waals surface area (Å²) in [6.45, 7) is 2.29. The van der Waals surface area contributed by atoms with Crippen molar-refractivity contribution in [3.63, 3.8) is 0 Å². The maximum Gasteiger partial charge on any atom is 0.258 e. The van der Waals surface area contributed by atoms with E-state index in [4.69, 9.17) is 19.9 Å². The van der Waals surface area contributed by atoms with Gasteiger partial charge in [-0.3, -0.25) is 4.79 Å². The molecule has 6 nitrogen and oxygen atoms in total. The number of rotatable bonds is 6. The average molecular weight is 294 g/mol. The third-order valence-electron chi connectivity index (χ3n) is 3.32. The lowest BCUT2D eigenvalue weighted by atomic mass is 10.2. The molecule has 1 heterocycles. The van der Waals surface area contributed by atoms with Crippen molar-refractivity contribution < 1.29 is 19.0 Å². The standard InChI is InChI=1S/C15H22N2O4/c1-19-13-6-3-2-5-12(13)17(8-4-7-16)15(18)14-11-20-9-10-21-14/h2-3,5-6,14H,4,7-11,16H2,1H3. The van der Waals surface area contributed by atoms with Crippen LogP contribution in [0.15, 0.2) is 24.3 Å². The van der Waals surface area contributed by atoms with Gasteiger partial charge in [-0.15, -0.1) is 0 Å². The molecule has 1 atom stereocenters. The molecule has 1 aromatic rings. The SMILES string of the molecule is COc1ccccc1N(CCCN)C(=O)C1COCCO1. The molecule has 1 aliphatic heterocycles. The van der Waals surface area contributed by atoms with E-state index in [1.54, 1.807) is 12.0 Å². The van der Waals surface area contributed by atoms with E-state index in [0.717, 1.165) is 5.69 Å². The van der Waals surface area contributed by atoms with Crippen LogP contribution in [0.25, 0.3) is 0 Å². The summed E-state index contributed by atoms with van der Waals surface area (Å²) in [5.41, 5.74) is 6.31. The molecule has 0 radical (unpaired) electrons. The average Bonchev–Trinajstić information content (AvgIpc) is 2.56. The lowest BCUT2D eigenvalue weighted by molar-refractivity contribution is -0.144. The van der Waals surface area contributed by atoms with Crippen LogP contribution in [-0.2, 0) is 14.3 Å². The maximum absolute atomic E-state index is 12.7. The molecule has 2 rings (SSSR count). The lowest BCUT2D eigenvalue weighted by Crippen LogP contribution is -2.46. The van der Waals surface area contributed by atoms with Crippen molar-refractivity contribution in [2.24, 2.45) is 5.73 Å². The zero-order chi connectivity index (χ0) is 15.1. The molecule has 1 aromatic carbocycles. The summed E-state index contributed by atoms with van der Waals surface area (Å²) in [7, 11) is 1.59. The normalized spacial score (nSPS) is 18.3. The van der Waals surface area contributed by atoms with Crippen LogP contribution in [0, 0.1) is 0 Å². The van der Waals surface area contributed by atoms with Gasteiger partial charge in [-0.25, -0.2) is 0 Å². The molecule has 1 unspecified atom stereocenters. The molecular formula is C15H22N2O4. The highest BCUT2D eigenvalue weighted by atomic mass is 16.6. The molecule has 0 aliphatic carbocycles. The van der Waals surface area contributed by atoms with Gasteiger partial charge >= 0.3 is 0 Å². The van der Waals surface area contributed by atoms with Crippen LogP contribution in [0.4, 0.5) is 5.69 Å². The summed E-state index contributed by atoms with van der Waals surface area (Å²) in [5.74, 6) is 0.534. The minimum atomic E-state index is -0.568. The zero-order valence-electron chi connectivity index (χ0n) is 12.3. The van der Waals surface area contributed by atoms with Crippen LogP contribution >= 0.6 is 0 Å². The number of hydrogen-bond donors (Lipinski definition) is 1. The Morgan fingerprint density at radius 3 is 2.90 bits per heavy atom. The van der Waals surface area contributed by atoms with E-state index in [1.807, 2.05) is 24.3 Å². The topological polar surface area (TPSA) is 74.0 Å². The van der Waals surface area contributed by atoms with Crippen molar-refractivity contribution in [1.82, 2.24) is 0 Å². The van der Waals surface area contributed by atoms with Crippen LogP contribution in [0.2, 0.25) is 0 Å². The van der Waals surface area contributed by atoms with E-state index >= 15 is 0 Å². The molecule has 6 heteroatoms. The van der Waals surface area contributed by atoms with Crippen molar-refractivity contribution >= 4 is 11.6 Å². The molecule has 2 N–H and O–H groups in total. The van der Waals surface area contributed by atoms with Crippen molar-refractivity contribution in [3.05, 3.63) is 24.3 Å². The number of nitrogens with zero attached hydrogens (tertiary/aromatic N) is 1. The highest BCUT2D eigenvalue weighted by Crippen LogP contribution is 2.28. The van der Waals surface area contributed by atoms with Crippen LogP contribution < -0.4 is 15.4 Å². The van der Waals surface area contributed by atoms with E-state index in [0.29, 0.717) is 38.5 Å². The maximum atomic E-state index is 12.7. The van der Waals surface area contributed by atoms with E-state index in [9.17, 15) is 4.79 Å².